The van der Waals surface area contributed by atoms with E-state index in [1.807, 2.05) is 0 Å². The molecule has 1 rings (SSSR count). The van der Waals surface area contributed by atoms with Gasteiger partial charge < -0.3 is 47.8 Å². The lowest BCUT2D eigenvalue weighted by molar-refractivity contribution is -0.142. The maximum atomic E-state index is 12.7. The first-order chi connectivity index (χ1) is 15.8. The third kappa shape index (κ3) is 9.01. The number of nitrogens with one attached hydrogen (secondary N) is 3. The van der Waals surface area contributed by atoms with Crippen molar-refractivity contribution in [3.05, 3.63) is 29.8 Å². The largest absolute Gasteiger partial charge is 0.508 e. The lowest BCUT2D eigenvalue weighted by Gasteiger charge is -2.26. The maximum absolute atomic E-state index is 12.7. The molecule has 0 radical (unpaired) electrons. The fraction of sp³-hybridized carbons (Fsp3) is 0.450. The van der Waals surface area contributed by atoms with E-state index < -0.39 is 72.9 Å². The third-order valence-corrected chi connectivity index (χ3v) is 4.63. The summed E-state index contributed by atoms with van der Waals surface area (Å²) in [4.78, 5) is 60.3. The number of rotatable bonds is 13. The molecule has 0 saturated heterocycles. The van der Waals surface area contributed by atoms with Crippen LogP contribution in [0.4, 0.5) is 0 Å². The molecule has 0 aliphatic heterocycles. The van der Waals surface area contributed by atoms with E-state index in [-0.39, 0.29) is 12.2 Å². The molecule has 188 valence electrons. The molecule has 5 atom stereocenters. The second-order valence-electron chi connectivity index (χ2n) is 7.52. The number of aliphatic carboxylic acids is 1. The average molecular weight is 483 g/mol. The van der Waals surface area contributed by atoms with E-state index in [0.717, 1.165) is 6.92 Å². The van der Waals surface area contributed by atoms with Gasteiger partial charge >= 0.3 is 5.97 Å². The molecule has 14 heteroatoms. The smallest absolute Gasteiger partial charge is 0.326 e. The number of amides is 4. The van der Waals surface area contributed by atoms with E-state index in [9.17, 15) is 39.3 Å². The molecule has 0 aliphatic rings. The van der Waals surface area contributed by atoms with Crippen molar-refractivity contribution in [1.82, 2.24) is 16.0 Å². The molecule has 0 heterocycles. The summed E-state index contributed by atoms with van der Waals surface area (Å²) in [5.41, 5.74) is 11.0. The first kappa shape index (κ1) is 28.3. The number of nitrogens with two attached hydrogens (primary N) is 2. The predicted molar refractivity (Wildman–Crippen MR) is 116 cm³/mol. The molecule has 4 amide bonds. The Hall–Kier alpha value is -3.75. The van der Waals surface area contributed by atoms with E-state index >= 15 is 0 Å². The highest BCUT2D eigenvalue weighted by Crippen LogP contribution is 2.12. The number of phenolic OH excluding ortho intramolecular Hbond substituents is 1. The molecule has 0 bridgehead atoms. The number of carbonyl (C=O) groups is 5. The Morgan fingerprint density at radius 2 is 1.50 bits per heavy atom. The number of carboxylic acids is 1. The number of carboxylic acid groups (broad SMARTS) is 1. The minimum Gasteiger partial charge on any atom is -0.508 e. The number of aliphatic hydroxyl groups is 2. The topological polar surface area (TPSA) is 254 Å². The number of benzene rings is 1. The molecule has 0 fully saturated rings. The lowest BCUT2D eigenvalue weighted by atomic mass is 10.0. The SMILES string of the molecule is CC(O)C(NC(=O)C(N)CO)C(=O)NC(CC(N)=O)C(=O)NC(Cc1ccc(O)cc1)C(=O)O. The summed E-state index contributed by atoms with van der Waals surface area (Å²) in [6, 6.07) is -0.509. The summed E-state index contributed by atoms with van der Waals surface area (Å²) in [7, 11) is 0. The summed E-state index contributed by atoms with van der Waals surface area (Å²) < 4.78 is 0. The fourth-order valence-corrected chi connectivity index (χ4v) is 2.76. The van der Waals surface area contributed by atoms with Crippen molar-refractivity contribution in [2.24, 2.45) is 11.5 Å². The molecular weight excluding hydrogens is 454 g/mol. The normalized spacial score (nSPS) is 15.2. The summed E-state index contributed by atoms with van der Waals surface area (Å²) in [6.45, 7) is 0.431. The van der Waals surface area contributed by atoms with Crippen LogP contribution in [0.15, 0.2) is 24.3 Å². The van der Waals surface area contributed by atoms with Gasteiger partial charge in [0.15, 0.2) is 0 Å². The van der Waals surface area contributed by atoms with E-state index in [4.69, 9.17) is 16.6 Å². The number of carbonyl (C=O) groups excluding carboxylic acids is 4. The van der Waals surface area contributed by atoms with Crippen molar-refractivity contribution >= 4 is 29.6 Å². The monoisotopic (exact) mass is 483 g/mol. The van der Waals surface area contributed by atoms with Crippen molar-refractivity contribution in [2.45, 2.75) is 50.0 Å². The maximum Gasteiger partial charge on any atom is 0.326 e. The fourth-order valence-electron chi connectivity index (χ4n) is 2.76. The van der Waals surface area contributed by atoms with Crippen molar-refractivity contribution in [1.29, 1.82) is 0 Å². The average Bonchev–Trinajstić information content (AvgIpc) is 2.76. The van der Waals surface area contributed by atoms with Crippen LogP contribution in [0.5, 0.6) is 5.75 Å². The van der Waals surface area contributed by atoms with E-state index in [0.29, 0.717) is 5.56 Å². The highest BCUT2D eigenvalue weighted by molar-refractivity contribution is 5.96. The van der Waals surface area contributed by atoms with Gasteiger partial charge in [0.1, 0.15) is 29.9 Å². The molecule has 34 heavy (non-hydrogen) atoms. The predicted octanol–water partition coefficient (Wildman–Crippen LogP) is -3.95. The van der Waals surface area contributed by atoms with E-state index in [1.165, 1.54) is 24.3 Å². The molecular formula is C20H29N5O9. The Kier molecular flexibility index (Phi) is 10.9. The van der Waals surface area contributed by atoms with E-state index in [1.54, 1.807) is 0 Å². The van der Waals surface area contributed by atoms with Crippen LogP contribution in [0, 0.1) is 0 Å². The number of aliphatic hydroxyl groups excluding tert-OH is 2. The molecule has 0 aromatic heterocycles. The van der Waals surface area contributed by atoms with Crippen molar-refractivity contribution < 1.29 is 44.4 Å². The molecule has 0 spiro atoms. The Balaban J connectivity index is 2.99. The van der Waals surface area contributed by atoms with Crippen LogP contribution in [0.3, 0.4) is 0 Å². The van der Waals surface area contributed by atoms with E-state index in [2.05, 4.69) is 16.0 Å². The minimum absolute atomic E-state index is 0.0383. The quantitative estimate of drug-likeness (QED) is 0.131. The highest BCUT2D eigenvalue weighted by Gasteiger charge is 2.33. The van der Waals surface area contributed by atoms with Crippen LogP contribution in [0.2, 0.25) is 0 Å². The van der Waals surface area contributed by atoms with Crippen LogP contribution in [-0.2, 0) is 30.4 Å². The zero-order valence-electron chi connectivity index (χ0n) is 18.3. The van der Waals surface area contributed by atoms with Gasteiger partial charge in [0.25, 0.3) is 0 Å². The summed E-state index contributed by atoms with van der Waals surface area (Å²) in [5.74, 6) is -5.53. The van der Waals surface area contributed by atoms with Gasteiger partial charge in [0, 0.05) is 6.42 Å². The van der Waals surface area contributed by atoms with Gasteiger partial charge in [-0.15, -0.1) is 0 Å². The zero-order chi connectivity index (χ0) is 26.0. The van der Waals surface area contributed by atoms with Crippen LogP contribution in [-0.4, -0.2) is 86.9 Å². The Labute approximate surface area is 194 Å². The lowest BCUT2D eigenvalue weighted by Crippen LogP contribution is -2.60. The van der Waals surface area contributed by atoms with Gasteiger partial charge in [-0.2, -0.15) is 0 Å². The standard InChI is InChI=1S/C20H29N5O9/c1-9(27)16(25-17(30)12(21)8-26)19(32)23-13(7-15(22)29)18(31)24-14(20(33)34)6-10-2-4-11(28)5-3-10/h2-5,9,12-14,16,26-28H,6-8,21H2,1H3,(H2,22,29)(H,23,32)(H,24,31)(H,25,30)(H,33,34). The first-order valence-electron chi connectivity index (χ1n) is 10.1. The molecule has 0 aliphatic carbocycles. The summed E-state index contributed by atoms with van der Waals surface area (Å²) >= 11 is 0. The highest BCUT2D eigenvalue weighted by atomic mass is 16.4. The second kappa shape index (κ2) is 13.1. The molecule has 5 unspecified atom stereocenters. The number of primary amides is 1. The summed E-state index contributed by atoms with van der Waals surface area (Å²) in [5, 5.41) is 44.1. The molecule has 11 N–H and O–H groups in total. The second-order valence-corrected chi connectivity index (χ2v) is 7.52. The van der Waals surface area contributed by atoms with Crippen LogP contribution in [0.25, 0.3) is 0 Å². The zero-order valence-corrected chi connectivity index (χ0v) is 18.3. The Bertz CT molecular complexity index is 891. The molecule has 1 aromatic rings. The van der Waals surface area contributed by atoms with Gasteiger partial charge in [0.2, 0.25) is 23.6 Å². The Morgan fingerprint density at radius 1 is 0.941 bits per heavy atom. The van der Waals surface area contributed by atoms with Crippen LogP contribution >= 0.6 is 0 Å². The van der Waals surface area contributed by atoms with Crippen LogP contribution < -0.4 is 27.4 Å². The van der Waals surface area contributed by atoms with Gasteiger partial charge in [-0.1, -0.05) is 12.1 Å². The van der Waals surface area contributed by atoms with Gasteiger partial charge in [-0.05, 0) is 24.6 Å². The van der Waals surface area contributed by atoms with Crippen molar-refractivity contribution in [3.8, 4) is 5.75 Å². The van der Waals surface area contributed by atoms with Gasteiger partial charge in [-0.3, -0.25) is 19.2 Å². The number of hydrogen-bond donors (Lipinski definition) is 9. The van der Waals surface area contributed by atoms with Crippen molar-refractivity contribution in [2.75, 3.05) is 6.61 Å². The van der Waals surface area contributed by atoms with Gasteiger partial charge in [0.05, 0.1) is 19.1 Å². The Morgan fingerprint density at radius 3 is 1.97 bits per heavy atom. The van der Waals surface area contributed by atoms with Crippen LogP contribution in [0.1, 0.15) is 18.9 Å². The van der Waals surface area contributed by atoms with Gasteiger partial charge in [-0.25, -0.2) is 4.79 Å². The number of phenols is 1. The first-order valence-corrected chi connectivity index (χ1v) is 10.1. The number of aromatic hydroxyl groups is 1. The molecule has 0 saturated carbocycles. The number of hydrogen-bond acceptors (Lipinski definition) is 9. The third-order valence-electron chi connectivity index (χ3n) is 4.63. The summed E-state index contributed by atoms with van der Waals surface area (Å²) in [6.07, 6.45) is -2.35. The minimum atomic E-state index is -1.63. The molecule has 14 nitrogen and oxygen atoms in total. The van der Waals surface area contributed by atoms with Crippen molar-refractivity contribution in [3.63, 3.8) is 0 Å². The molecule has 1 aromatic carbocycles.